The molecule has 1 aromatic carbocycles. The van der Waals surface area contributed by atoms with Gasteiger partial charge >= 0.3 is 0 Å². The number of nitrogens with one attached hydrogen (secondary N) is 2. The molecule has 0 unspecified atom stereocenters. The molecule has 3 aromatic rings. The lowest BCUT2D eigenvalue weighted by Gasteiger charge is -2.09. The van der Waals surface area contributed by atoms with E-state index in [0.717, 1.165) is 0 Å². The van der Waals surface area contributed by atoms with E-state index in [1.54, 1.807) is 32.2 Å². The van der Waals surface area contributed by atoms with E-state index in [0.29, 0.717) is 22.9 Å². The summed E-state index contributed by atoms with van der Waals surface area (Å²) in [6, 6.07) is 4.59. The van der Waals surface area contributed by atoms with Crippen molar-refractivity contribution in [2.75, 3.05) is 14.2 Å². The van der Waals surface area contributed by atoms with Gasteiger partial charge in [-0.25, -0.2) is 4.98 Å². The summed E-state index contributed by atoms with van der Waals surface area (Å²) in [5, 5.41) is 6.54. The van der Waals surface area contributed by atoms with Gasteiger partial charge in [-0.2, -0.15) is 4.98 Å². The molecule has 10 heteroatoms. The normalized spacial score (nSPS) is 11.7. The summed E-state index contributed by atoms with van der Waals surface area (Å²) in [6.45, 7) is 1.66. The van der Waals surface area contributed by atoms with Crippen LogP contribution in [-0.2, 0) is 0 Å². The van der Waals surface area contributed by atoms with Gasteiger partial charge in [-0.15, -0.1) is 0 Å². The van der Waals surface area contributed by atoms with Crippen LogP contribution in [-0.4, -0.2) is 40.2 Å². The van der Waals surface area contributed by atoms with E-state index < -0.39 is 17.5 Å². The Balaban J connectivity index is 1.78. The van der Waals surface area contributed by atoms with Crippen molar-refractivity contribution >= 4 is 5.91 Å². The number of hydrogen-bond donors (Lipinski definition) is 2. The molecule has 0 fully saturated rings. The van der Waals surface area contributed by atoms with Gasteiger partial charge in [0.1, 0.15) is 11.6 Å². The predicted octanol–water partition coefficient (Wildman–Crippen LogP) is 1.33. The van der Waals surface area contributed by atoms with Gasteiger partial charge in [-0.1, -0.05) is 5.16 Å². The van der Waals surface area contributed by atoms with E-state index in [-0.39, 0.29) is 11.5 Å². The lowest BCUT2D eigenvalue weighted by atomic mass is 10.2. The van der Waals surface area contributed by atoms with Gasteiger partial charge in [0.2, 0.25) is 11.7 Å². The monoisotopic (exact) mass is 371 g/mol. The number of carbonyl (C=O) groups excluding carboxylic acids is 1. The number of benzene rings is 1. The SMILES string of the molecule is COc1ccc(-c2noc([C@@H](C)NC(=O)c3cnc[nH]c3=O)n2)cc1OC. The molecule has 1 atom stereocenters. The standard InChI is InChI=1S/C17H17N5O5/c1-9(20-16(24)11-7-18-8-19-15(11)23)17-21-14(22-27-17)10-4-5-12(25-2)13(6-10)26-3/h4-9H,1-3H3,(H,20,24)(H,18,19,23)/t9-/m1/s1. The highest BCUT2D eigenvalue weighted by molar-refractivity contribution is 5.93. The van der Waals surface area contributed by atoms with Gasteiger partial charge in [0, 0.05) is 11.8 Å². The number of ether oxygens (including phenoxy) is 2. The second-order valence-electron chi connectivity index (χ2n) is 5.52. The van der Waals surface area contributed by atoms with Crippen LogP contribution in [0.15, 0.2) is 40.0 Å². The first-order valence-corrected chi connectivity index (χ1v) is 7.93. The molecule has 0 aliphatic heterocycles. The minimum absolute atomic E-state index is 0.107. The third-order valence-corrected chi connectivity index (χ3v) is 3.76. The molecule has 2 N–H and O–H groups in total. The summed E-state index contributed by atoms with van der Waals surface area (Å²) < 4.78 is 15.7. The molecule has 2 heterocycles. The Morgan fingerprint density at radius 2 is 2.04 bits per heavy atom. The number of H-pyrrole nitrogens is 1. The molecule has 10 nitrogen and oxygen atoms in total. The Hall–Kier alpha value is -3.69. The van der Waals surface area contributed by atoms with Crippen molar-refractivity contribution in [1.82, 2.24) is 25.4 Å². The van der Waals surface area contributed by atoms with E-state index in [1.165, 1.54) is 19.6 Å². The number of amides is 1. The molecule has 2 aromatic heterocycles. The van der Waals surface area contributed by atoms with Gasteiger partial charge in [-0.05, 0) is 25.1 Å². The average Bonchev–Trinajstić information content (AvgIpc) is 3.18. The van der Waals surface area contributed by atoms with Gasteiger partial charge < -0.3 is 24.3 Å². The molecular weight excluding hydrogens is 354 g/mol. The van der Waals surface area contributed by atoms with Crippen molar-refractivity contribution in [2.45, 2.75) is 13.0 Å². The number of aromatic nitrogens is 4. The zero-order chi connectivity index (χ0) is 19.4. The van der Waals surface area contributed by atoms with Crippen molar-refractivity contribution in [3.63, 3.8) is 0 Å². The van der Waals surface area contributed by atoms with Crippen LogP contribution in [0.1, 0.15) is 29.2 Å². The van der Waals surface area contributed by atoms with E-state index >= 15 is 0 Å². The Bertz CT molecular complexity index is 1010. The lowest BCUT2D eigenvalue weighted by Crippen LogP contribution is -2.31. The van der Waals surface area contributed by atoms with Crippen LogP contribution in [0, 0.1) is 0 Å². The minimum Gasteiger partial charge on any atom is -0.493 e. The highest BCUT2D eigenvalue weighted by Gasteiger charge is 2.20. The fourth-order valence-electron chi connectivity index (χ4n) is 2.35. The molecular formula is C17H17N5O5. The maximum atomic E-state index is 12.2. The Morgan fingerprint density at radius 1 is 1.26 bits per heavy atom. The summed E-state index contributed by atoms with van der Waals surface area (Å²) in [5.41, 5.74) is 0.0140. The summed E-state index contributed by atoms with van der Waals surface area (Å²) in [7, 11) is 3.07. The van der Waals surface area contributed by atoms with E-state index in [4.69, 9.17) is 14.0 Å². The van der Waals surface area contributed by atoms with Crippen LogP contribution in [0.2, 0.25) is 0 Å². The first-order chi connectivity index (χ1) is 13.0. The minimum atomic E-state index is -0.612. The molecule has 1 amide bonds. The molecule has 0 bridgehead atoms. The maximum Gasteiger partial charge on any atom is 0.263 e. The zero-order valence-electron chi connectivity index (χ0n) is 14.8. The highest BCUT2D eigenvalue weighted by atomic mass is 16.5. The van der Waals surface area contributed by atoms with Gasteiger partial charge in [0.05, 0.1) is 20.5 Å². The van der Waals surface area contributed by atoms with E-state index in [2.05, 4.69) is 25.4 Å². The molecule has 0 saturated heterocycles. The van der Waals surface area contributed by atoms with Crippen molar-refractivity contribution in [2.24, 2.45) is 0 Å². The number of rotatable bonds is 6. The van der Waals surface area contributed by atoms with Gasteiger partial charge in [-0.3, -0.25) is 9.59 Å². The average molecular weight is 371 g/mol. The van der Waals surface area contributed by atoms with Crippen LogP contribution >= 0.6 is 0 Å². The summed E-state index contributed by atoms with van der Waals surface area (Å²) in [5.74, 6) is 1.02. The summed E-state index contributed by atoms with van der Waals surface area (Å²) in [6.07, 6.45) is 2.39. The molecule has 0 spiro atoms. The first kappa shape index (κ1) is 18.1. The summed E-state index contributed by atoms with van der Waals surface area (Å²) in [4.78, 5) is 34.2. The number of nitrogens with zero attached hydrogens (tertiary/aromatic N) is 3. The molecule has 27 heavy (non-hydrogen) atoms. The van der Waals surface area contributed by atoms with Gasteiger partial charge in [0.25, 0.3) is 11.5 Å². The van der Waals surface area contributed by atoms with Crippen molar-refractivity contribution in [3.05, 3.63) is 52.5 Å². The quantitative estimate of drug-likeness (QED) is 0.663. The summed E-state index contributed by atoms with van der Waals surface area (Å²) >= 11 is 0. The van der Waals surface area contributed by atoms with Crippen molar-refractivity contribution in [1.29, 1.82) is 0 Å². The molecule has 0 aliphatic rings. The predicted molar refractivity (Wildman–Crippen MR) is 93.6 cm³/mol. The first-order valence-electron chi connectivity index (χ1n) is 7.93. The smallest absolute Gasteiger partial charge is 0.263 e. The maximum absolute atomic E-state index is 12.2. The largest absolute Gasteiger partial charge is 0.493 e. The van der Waals surface area contributed by atoms with E-state index in [9.17, 15) is 9.59 Å². The molecule has 3 rings (SSSR count). The number of carbonyl (C=O) groups is 1. The van der Waals surface area contributed by atoms with Crippen molar-refractivity contribution in [3.8, 4) is 22.9 Å². The van der Waals surface area contributed by atoms with Crippen LogP contribution in [0.3, 0.4) is 0 Å². The number of methoxy groups -OCH3 is 2. The molecule has 140 valence electrons. The highest BCUT2D eigenvalue weighted by Crippen LogP contribution is 2.31. The number of aromatic amines is 1. The number of hydrogen-bond acceptors (Lipinski definition) is 8. The van der Waals surface area contributed by atoms with Crippen molar-refractivity contribution < 1.29 is 18.8 Å². The molecule has 0 saturated carbocycles. The zero-order valence-corrected chi connectivity index (χ0v) is 14.8. The third kappa shape index (κ3) is 3.78. The Morgan fingerprint density at radius 3 is 2.74 bits per heavy atom. The third-order valence-electron chi connectivity index (χ3n) is 3.76. The fraction of sp³-hybridized carbons (Fsp3) is 0.235. The van der Waals surface area contributed by atoms with Crippen LogP contribution in [0.5, 0.6) is 11.5 Å². The van der Waals surface area contributed by atoms with Gasteiger partial charge in [0.15, 0.2) is 11.5 Å². The topological polar surface area (TPSA) is 132 Å². The Kier molecular flexibility index (Phi) is 5.15. The lowest BCUT2D eigenvalue weighted by molar-refractivity contribution is 0.0930. The van der Waals surface area contributed by atoms with E-state index in [1.807, 2.05) is 0 Å². The van der Waals surface area contributed by atoms with Crippen LogP contribution in [0.4, 0.5) is 0 Å². The second-order valence-corrected chi connectivity index (χ2v) is 5.52. The van der Waals surface area contributed by atoms with Crippen LogP contribution < -0.4 is 20.3 Å². The molecule has 0 aliphatic carbocycles. The van der Waals surface area contributed by atoms with Crippen LogP contribution in [0.25, 0.3) is 11.4 Å². The Labute approximate surface area is 153 Å². The second kappa shape index (κ2) is 7.68. The fourth-order valence-corrected chi connectivity index (χ4v) is 2.35. The molecule has 0 radical (unpaired) electrons.